The first-order valence-electron chi connectivity index (χ1n) is 5.51. The third-order valence-corrected chi connectivity index (χ3v) is 2.95. The maximum Gasteiger partial charge on any atom is 0.0951 e. The zero-order valence-corrected chi connectivity index (χ0v) is 9.03. The summed E-state index contributed by atoms with van der Waals surface area (Å²) in [6.45, 7) is 6.71. The van der Waals surface area contributed by atoms with Crippen LogP contribution in [0.5, 0.6) is 0 Å². The monoisotopic (exact) mass is 193 g/mol. The van der Waals surface area contributed by atoms with Gasteiger partial charge >= 0.3 is 0 Å². The van der Waals surface area contributed by atoms with E-state index in [0.29, 0.717) is 12.0 Å². The minimum Gasteiger partial charge on any atom is -0.330 e. The number of imidazole rings is 1. The van der Waals surface area contributed by atoms with Crippen molar-refractivity contribution in [3.8, 4) is 0 Å². The maximum absolute atomic E-state index is 4.25. The largest absolute Gasteiger partial charge is 0.330 e. The van der Waals surface area contributed by atoms with Crippen LogP contribution in [0.3, 0.4) is 0 Å². The highest BCUT2D eigenvalue weighted by molar-refractivity contribution is 5.05. The molecule has 2 heterocycles. The van der Waals surface area contributed by atoms with Gasteiger partial charge in [0.05, 0.1) is 6.33 Å². The van der Waals surface area contributed by atoms with Gasteiger partial charge in [0.1, 0.15) is 0 Å². The van der Waals surface area contributed by atoms with Gasteiger partial charge in [0, 0.05) is 24.5 Å². The van der Waals surface area contributed by atoms with Crippen LogP contribution in [0.2, 0.25) is 0 Å². The minimum atomic E-state index is 0.569. The third-order valence-electron chi connectivity index (χ3n) is 2.95. The summed E-state index contributed by atoms with van der Waals surface area (Å²) >= 11 is 0. The van der Waals surface area contributed by atoms with Crippen molar-refractivity contribution in [1.29, 1.82) is 0 Å². The lowest BCUT2D eigenvalue weighted by Crippen LogP contribution is -2.32. The van der Waals surface area contributed by atoms with Gasteiger partial charge in [-0.05, 0) is 25.3 Å². The summed E-state index contributed by atoms with van der Waals surface area (Å²) in [4.78, 5) is 4.25. The maximum atomic E-state index is 4.25. The first-order valence-corrected chi connectivity index (χ1v) is 5.51. The van der Waals surface area contributed by atoms with Gasteiger partial charge in [0.2, 0.25) is 0 Å². The molecule has 0 aromatic carbocycles. The van der Waals surface area contributed by atoms with Crippen LogP contribution in [0.25, 0.3) is 0 Å². The summed E-state index contributed by atoms with van der Waals surface area (Å²) in [5, 5.41) is 3.44. The van der Waals surface area contributed by atoms with Gasteiger partial charge in [0.15, 0.2) is 0 Å². The molecule has 3 heteroatoms. The van der Waals surface area contributed by atoms with Crippen molar-refractivity contribution in [2.75, 3.05) is 13.1 Å². The first kappa shape index (κ1) is 9.71. The van der Waals surface area contributed by atoms with Crippen LogP contribution in [0, 0.1) is 0 Å². The summed E-state index contributed by atoms with van der Waals surface area (Å²) < 4.78 is 2.34. The van der Waals surface area contributed by atoms with E-state index in [1.165, 1.54) is 25.1 Å². The predicted molar refractivity (Wildman–Crippen MR) is 57.5 cm³/mol. The molecular weight excluding hydrogens is 174 g/mol. The fraction of sp³-hybridized carbons (Fsp3) is 0.727. The van der Waals surface area contributed by atoms with Crippen LogP contribution in [0.15, 0.2) is 12.5 Å². The van der Waals surface area contributed by atoms with Gasteiger partial charge in [-0.15, -0.1) is 0 Å². The number of aromatic nitrogens is 2. The van der Waals surface area contributed by atoms with E-state index in [9.17, 15) is 0 Å². The van der Waals surface area contributed by atoms with Crippen LogP contribution >= 0.6 is 0 Å². The van der Waals surface area contributed by atoms with E-state index in [1.807, 2.05) is 12.5 Å². The van der Waals surface area contributed by atoms with Gasteiger partial charge in [-0.2, -0.15) is 0 Å². The Balaban J connectivity index is 2.17. The average molecular weight is 193 g/mol. The fourth-order valence-electron chi connectivity index (χ4n) is 2.14. The molecule has 1 aromatic rings. The predicted octanol–water partition coefficient (Wildman–Crippen LogP) is 1.93. The van der Waals surface area contributed by atoms with E-state index >= 15 is 0 Å². The molecule has 78 valence electrons. The number of hydrogen-bond donors (Lipinski definition) is 1. The molecule has 1 fully saturated rings. The Morgan fingerprint density at radius 1 is 1.57 bits per heavy atom. The molecule has 3 nitrogen and oxygen atoms in total. The molecule has 1 N–H and O–H groups in total. The Labute approximate surface area is 85.5 Å². The van der Waals surface area contributed by atoms with Crippen molar-refractivity contribution < 1.29 is 0 Å². The van der Waals surface area contributed by atoms with Crippen LogP contribution < -0.4 is 5.32 Å². The highest BCUT2D eigenvalue weighted by Crippen LogP contribution is 2.22. The number of hydrogen-bond acceptors (Lipinski definition) is 2. The van der Waals surface area contributed by atoms with Gasteiger partial charge in [-0.25, -0.2) is 4.98 Å². The Hall–Kier alpha value is -0.830. The molecule has 0 saturated carbocycles. The zero-order valence-electron chi connectivity index (χ0n) is 9.03. The molecule has 14 heavy (non-hydrogen) atoms. The summed E-state index contributed by atoms with van der Waals surface area (Å²) in [7, 11) is 0. The molecule has 1 atom stereocenters. The topological polar surface area (TPSA) is 29.9 Å². The molecule has 1 saturated heterocycles. The Morgan fingerprint density at radius 3 is 3.07 bits per heavy atom. The molecule has 1 unspecified atom stereocenters. The lowest BCUT2D eigenvalue weighted by Gasteiger charge is -2.26. The quantitative estimate of drug-likeness (QED) is 0.777. The van der Waals surface area contributed by atoms with Gasteiger partial charge in [-0.3, -0.25) is 0 Å². The second-order valence-electron chi connectivity index (χ2n) is 4.38. The fourth-order valence-corrected chi connectivity index (χ4v) is 2.14. The Kier molecular flexibility index (Phi) is 2.87. The number of rotatable bonds is 2. The van der Waals surface area contributed by atoms with E-state index < -0.39 is 0 Å². The zero-order chi connectivity index (χ0) is 9.97. The highest BCUT2D eigenvalue weighted by atomic mass is 15.1. The Bertz CT molecular complexity index is 284. The van der Waals surface area contributed by atoms with Crippen molar-refractivity contribution in [1.82, 2.24) is 14.9 Å². The SMILES string of the molecule is CC(C)c1cncn1C1CCCNC1. The van der Waals surface area contributed by atoms with E-state index in [2.05, 4.69) is 28.7 Å². The number of nitrogens with zero attached hydrogens (tertiary/aromatic N) is 2. The minimum absolute atomic E-state index is 0.569. The summed E-state index contributed by atoms with van der Waals surface area (Å²) in [5.41, 5.74) is 1.36. The molecule has 1 aliphatic rings. The molecule has 0 radical (unpaired) electrons. The summed E-state index contributed by atoms with van der Waals surface area (Å²) in [6, 6.07) is 0.614. The molecule has 0 spiro atoms. The Morgan fingerprint density at radius 2 is 2.43 bits per heavy atom. The van der Waals surface area contributed by atoms with Crippen molar-refractivity contribution in [2.45, 2.75) is 38.6 Å². The van der Waals surface area contributed by atoms with Crippen molar-refractivity contribution in [2.24, 2.45) is 0 Å². The van der Waals surface area contributed by atoms with Gasteiger partial charge in [0.25, 0.3) is 0 Å². The van der Waals surface area contributed by atoms with Gasteiger partial charge < -0.3 is 9.88 Å². The van der Waals surface area contributed by atoms with Gasteiger partial charge in [-0.1, -0.05) is 13.8 Å². The summed E-state index contributed by atoms with van der Waals surface area (Å²) in [5.74, 6) is 0.569. The number of piperidine rings is 1. The van der Waals surface area contributed by atoms with Crippen molar-refractivity contribution in [3.63, 3.8) is 0 Å². The first-order chi connectivity index (χ1) is 6.79. The molecule has 0 aliphatic carbocycles. The van der Waals surface area contributed by atoms with E-state index in [-0.39, 0.29) is 0 Å². The molecular formula is C11H19N3. The molecule has 0 bridgehead atoms. The van der Waals surface area contributed by atoms with Crippen LogP contribution in [-0.4, -0.2) is 22.6 Å². The normalized spacial score (nSPS) is 22.9. The molecule has 0 amide bonds. The third kappa shape index (κ3) is 1.82. The molecule has 1 aromatic heterocycles. The summed E-state index contributed by atoms with van der Waals surface area (Å²) in [6.07, 6.45) is 6.54. The van der Waals surface area contributed by atoms with Crippen LogP contribution in [0.1, 0.15) is 44.3 Å². The second-order valence-corrected chi connectivity index (χ2v) is 4.38. The lowest BCUT2D eigenvalue weighted by atomic mass is 10.1. The van der Waals surface area contributed by atoms with Crippen LogP contribution in [0.4, 0.5) is 0 Å². The lowest BCUT2D eigenvalue weighted by molar-refractivity contribution is 0.361. The molecule has 1 aliphatic heterocycles. The standard InChI is InChI=1S/C11H19N3/c1-9(2)11-7-13-8-14(11)10-4-3-5-12-6-10/h7-10,12H,3-6H2,1-2H3. The second kappa shape index (κ2) is 4.13. The molecule has 2 rings (SSSR count). The van der Waals surface area contributed by atoms with E-state index in [0.717, 1.165) is 6.54 Å². The van der Waals surface area contributed by atoms with E-state index in [1.54, 1.807) is 0 Å². The highest BCUT2D eigenvalue weighted by Gasteiger charge is 2.17. The smallest absolute Gasteiger partial charge is 0.0951 e. The average Bonchev–Trinajstić information content (AvgIpc) is 2.67. The number of nitrogens with one attached hydrogen (secondary N) is 1. The van der Waals surface area contributed by atoms with Crippen LogP contribution in [-0.2, 0) is 0 Å². The van der Waals surface area contributed by atoms with Crippen molar-refractivity contribution >= 4 is 0 Å². The van der Waals surface area contributed by atoms with E-state index in [4.69, 9.17) is 0 Å². The van der Waals surface area contributed by atoms with Crippen molar-refractivity contribution in [3.05, 3.63) is 18.2 Å².